The molecule has 4 amide bonds. The number of primary amides is 1. The summed E-state index contributed by atoms with van der Waals surface area (Å²) in [6.45, 7) is 3.48. The summed E-state index contributed by atoms with van der Waals surface area (Å²) in [4.78, 5) is 62.7. The number of hydrogen-bond acceptors (Lipinski definition) is 7. The molecule has 0 heterocycles. The topological polar surface area (TPSA) is 214 Å². The Hall–Kier alpha value is -4.45. The van der Waals surface area contributed by atoms with Gasteiger partial charge in [0.05, 0.1) is 12.5 Å². The Morgan fingerprint density at radius 1 is 0.800 bits per heavy atom. The smallest absolute Gasteiger partial charge is 0.326 e. The van der Waals surface area contributed by atoms with Gasteiger partial charge < -0.3 is 37.6 Å². The van der Waals surface area contributed by atoms with Gasteiger partial charge in [-0.3, -0.25) is 19.2 Å². The lowest BCUT2D eigenvalue weighted by molar-refractivity contribution is -0.144. The first kappa shape index (κ1) is 31.8. The Morgan fingerprint density at radius 2 is 1.35 bits per heavy atom. The number of carbonyl (C=O) groups excluding carboxylic acids is 4. The lowest BCUT2D eigenvalue weighted by Gasteiger charge is -2.26. The molecule has 9 N–H and O–H groups in total. The molecule has 12 heteroatoms. The zero-order valence-electron chi connectivity index (χ0n) is 22.5. The molecule has 5 unspecified atom stereocenters. The van der Waals surface area contributed by atoms with Crippen LogP contribution in [0.2, 0.25) is 0 Å². The van der Waals surface area contributed by atoms with Gasteiger partial charge >= 0.3 is 5.97 Å². The third-order valence-corrected chi connectivity index (χ3v) is 6.46. The third-order valence-electron chi connectivity index (χ3n) is 6.46. The minimum Gasteiger partial charge on any atom is -0.508 e. The van der Waals surface area contributed by atoms with Crippen molar-refractivity contribution in [3.63, 3.8) is 0 Å². The fourth-order valence-electron chi connectivity index (χ4n) is 3.94. The van der Waals surface area contributed by atoms with Crippen molar-refractivity contribution in [2.24, 2.45) is 17.4 Å². The van der Waals surface area contributed by atoms with E-state index in [0.29, 0.717) is 17.5 Å². The number of phenols is 1. The average Bonchev–Trinajstić information content (AvgIpc) is 2.91. The molecule has 0 saturated carbocycles. The Labute approximate surface area is 232 Å². The summed E-state index contributed by atoms with van der Waals surface area (Å²) in [7, 11) is 0. The number of carboxylic acid groups (broad SMARTS) is 1. The van der Waals surface area contributed by atoms with Crippen molar-refractivity contribution in [2.75, 3.05) is 0 Å². The summed E-state index contributed by atoms with van der Waals surface area (Å²) in [6.07, 6.45) is 0.0307. The summed E-state index contributed by atoms with van der Waals surface area (Å²) < 4.78 is 0. The molecule has 0 fully saturated rings. The average molecular weight is 556 g/mol. The number of amides is 4. The van der Waals surface area contributed by atoms with Gasteiger partial charge in [-0.05, 0) is 35.6 Å². The van der Waals surface area contributed by atoms with Crippen molar-refractivity contribution in [1.82, 2.24) is 16.0 Å². The number of carbonyl (C=O) groups is 5. The molecule has 0 aliphatic carbocycles. The summed E-state index contributed by atoms with van der Waals surface area (Å²) in [5.41, 5.74) is 12.7. The highest BCUT2D eigenvalue weighted by molar-refractivity contribution is 5.96. The zero-order valence-corrected chi connectivity index (χ0v) is 22.5. The van der Waals surface area contributed by atoms with Crippen LogP contribution in [0.25, 0.3) is 0 Å². The highest BCUT2D eigenvalue weighted by Crippen LogP contribution is 2.12. The number of nitrogens with two attached hydrogens (primary N) is 2. The van der Waals surface area contributed by atoms with Crippen LogP contribution in [-0.4, -0.2) is 64.0 Å². The van der Waals surface area contributed by atoms with E-state index in [1.807, 2.05) is 0 Å². The van der Waals surface area contributed by atoms with Crippen molar-refractivity contribution in [3.05, 3.63) is 65.7 Å². The zero-order chi connectivity index (χ0) is 29.8. The van der Waals surface area contributed by atoms with Gasteiger partial charge in [-0.2, -0.15) is 0 Å². The van der Waals surface area contributed by atoms with E-state index >= 15 is 0 Å². The highest BCUT2D eigenvalue weighted by atomic mass is 16.4. The number of aliphatic carboxylic acids is 1. The Balaban J connectivity index is 2.22. The lowest BCUT2D eigenvalue weighted by atomic mass is 9.98. The standard InChI is InChI=1S/C28H37N5O7/c1-3-16(2)24(28(39)40)33-27(38)21(14-17-7-5-4-6-8-17)32-26(37)22(15-23(30)35)31-25(36)20(29)13-18-9-11-19(34)12-10-18/h4-12,16,20-22,24,34H,3,13-15,29H2,1-2H3,(H2,30,35)(H,31,36)(H,32,37)(H,33,38)(H,39,40). The third kappa shape index (κ3) is 10.0. The van der Waals surface area contributed by atoms with E-state index in [1.54, 1.807) is 56.3 Å². The van der Waals surface area contributed by atoms with Crippen LogP contribution in [0.15, 0.2) is 54.6 Å². The molecule has 2 rings (SSSR count). The molecule has 0 aromatic heterocycles. The van der Waals surface area contributed by atoms with E-state index in [4.69, 9.17) is 11.5 Å². The van der Waals surface area contributed by atoms with Gasteiger partial charge in [-0.25, -0.2) is 4.79 Å². The first-order chi connectivity index (χ1) is 18.9. The largest absolute Gasteiger partial charge is 0.508 e. The van der Waals surface area contributed by atoms with Crippen molar-refractivity contribution in [3.8, 4) is 5.75 Å². The molecule has 5 atom stereocenters. The van der Waals surface area contributed by atoms with Gasteiger partial charge in [-0.15, -0.1) is 0 Å². The van der Waals surface area contributed by atoms with Crippen LogP contribution in [0.4, 0.5) is 0 Å². The maximum absolute atomic E-state index is 13.2. The molecule has 40 heavy (non-hydrogen) atoms. The molecule has 0 radical (unpaired) electrons. The van der Waals surface area contributed by atoms with Crippen molar-refractivity contribution in [2.45, 2.75) is 63.7 Å². The number of hydrogen-bond donors (Lipinski definition) is 7. The number of nitrogens with one attached hydrogen (secondary N) is 3. The number of phenolic OH excluding ortho intramolecular Hbond substituents is 1. The van der Waals surface area contributed by atoms with Gasteiger partial charge in [-0.1, -0.05) is 62.7 Å². The van der Waals surface area contributed by atoms with Crippen molar-refractivity contribution < 1.29 is 34.2 Å². The molecule has 0 aliphatic rings. The van der Waals surface area contributed by atoms with E-state index in [0.717, 1.165) is 0 Å². The monoisotopic (exact) mass is 555 g/mol. The normalized spacial score (nSPS) is 14.6. The molecule has 2 aromatic rings. The first-order valence-corrected chi connectivity index (χ1v) is 12.9. The molecule has 0 bridgehead atoms. The summed E-state index contributed by atoms with van der Waals surface area (Å²) in [5, 5.41) is 26.5. The van der Waals surface area contributed by atoms with Crippen LogP contribution in [0, 0.1) is 5.92 Å². The van der Waals surface area contributed by atoms with Gasteiger partial charge in [0.25, 0.3) is 0 Å². The van der Waals surface area contributed by atoms with Crippen LogP contribution in [-0.2, 0) is 36.8 Å². The Bertz CT molecular complexity index is 1170. The predicted octanol–water partition coefficient (Wildman–Crippen LogP) is -0.0348. The number of carboxylic acids is 1. The molecular formula is C28H37N5O7. The summed E-state index contributed by atoms with van der Waals surface area (Å²) >= 11 is 0. The quantitative estimate of drug-likeness (QED) is 0.158. The Kier molecular flexibility index (Phi) is 12.1. The second kappa shape index (κ2) is 15.2. The predicted molar refractivity (Wildman–Crippen MR) is 147 cm³/mol. The Morgan fingerprint density at radius 3 is 1.90 bits per heavy atom. The van der Waals surface area contributed by atoms with E-state index < -0.39 is 60.2 Å². The maximum Gasteiger partial charge on any atom is 0.326 e. The van der Waals surface area contributed by atoms with Gasteiger partial charge in [0.15, 0.2) is 0 Å². The first-order valence-electron chi connectivity index (χ1n) is 12.9. The molecule has 0 spiro atoms. The summed E-state index contributed by atoms with van der Waals surface area (Å²) in [5.74, 6) is -4.76. The second-order valence-corrected chi connectivity index (χ2v) is 9.67. The van der Waals surface area contributed by atoms with Crippen LogP contribution in [0.1, 0.15) is 37.8 Å². The molecule has 0 aliphatic heterocycles. The van der Waals surface area contributed by atoms with Crippen molar-refractivity contribution in [1.29, 1.82) is 0 Å². The minimum atomic E-state index is -1.44. The van der Waals surface area contributed by atoms with Crippen LogP contribution in [0.3, 0.4) is 0 Å². The minimum absolute atomic E-state index is 0.0167. The van der Waals surface area contributed by atoms with E-state index in [9.17, 15) is 34.2 Å². The van der Waals surface area contributed by atoms with Gasteiger partial charge in [0, 0.05) is 6.42 Å². The molecule has 2 aromatic carbocycles. The maximum atomic E-state index is 13.2. The number of benzene rings is 2. The van der Waals surface area contributed by atoms with Gasteiger partial charge in [0.2, 0.25) is 23.6 Å². The fraction of sp³-hybridized carbons (Fsp3) is 0.393. The number of aromatic hydroxyl groups is 1. The summed E-state index contributed by atoms with van der Waals surface area (Å²) in [6, 6.07) is 9.87. The SMILES string of the molecule is CCC(C)C(NC(=O)C(Cc1ccccc1)NC(=O)C(CC(N)=O)NC(=O)C(N)Cc1ccc(O)cc1)C(=O)O. The van der Waals surface area contributed by atoms with Crippen molar-refractivity contribution >= 4 is 29.6 Å². The molecule has 12 nitrogen and oxygen atoms in total. The number of rotatable bonds is 15. The van der Waals surface area contributed by atoms with E-state index in [2.05, 4.69) is 16.0 Å². The fourth-order valence-corrected chi connectivity index (χ4v) is 3.94. The lowest BCUT2D eigenvalue weighted by Crippen LogP contribution is -2.58. The second-order valence-electron chi connectivity index (χ2n) is 9.67. The highest BCUT2D eigenvalue weighted by Gasteiger charge is 2.32. The van der Waals surface area contributed by atoms with E-state index in [-0.39, 0.29) is 24.5 Å². The van der Waals surface area contributed by atoms with Crippen LogP contribution in [0.5, 0.6) is 5.75 Å². The van der Waals surface area contributed by atoms with E-state index in [1.165, 1.54) is 12.1 Å². The molecular weight excluding hydrogens is 518 g/mol. The van der Waals surface area contributed by atoms with Crippen LogP contribution < -0.4 is 27.4 Å². The molecule has 216 valence electrons. The molecule has 0 saturated heterocycles. The van der Waals surface area contributed by atoms with Crippen LogP contribution >= 0.6 is 0 Å². The van der Waals surface area contributed by atoms with Gasteiger partial charge in [0.1, 0.15) is 23.9 Å².